The van der Waals surface area contributed by atoms with Gasteiger partial charge in [-0.1, -0.05) is 44.2 Å². The smallest absolute Gasteiger partial charge is 0.0717 e. The average molecular weight is 248 g/mol. The van der Waals surface area contributed by atoms with Gasteiger partial charge in [0.05, 0.1) is 13.2 Å². The van der Waals surface area contributed by atoms with Crippen LogP contribution in [0.15, 0.2) is 30.3 Å². The van der Waals surface area contributed by atoms with Crippen molar-refractivity contribution in [1.82, 2.24) is 5.32 Å². The summed E-state index contributed by atoms with van der Waals surface area (Å²) in [6.07, 6.45) is 1.07. The third-order valence-corrected chi connectivity index (χ3v) is 3.55. The van der Waals surface area contributed by atoms with E-state index in [1.54, 1.807) is 0 Å². The summed E-state index contributed by atoms with van der Waals surface area (Å²) in [6.45, 7) is 6.64. The molecule has 0 unspecified atom stereocenters. The third kappa shape index (κ3) is 3.80. The van der Waals surface area contributed by atoms with Crippen molar-refractivity contribution in [1.29, 1.82) is 0 Å². The lowest BCUT2D eigenvalue weighted by molar-refractivity contribution is 0.106. The molecule has 1 aliphatic rings. The van der Waals surface area contributed by atoms with Crippen LogP contribution in [0.3, 0.4) is 0 Å². The van der Waals surface area contributed by atoms with E-state index in [1.165, 1.54) is 5.56 Å². The topological polar surface area (TPSA) is 47.3 Å². The fraction of sp³-hybridized carbons (Fsp3) is 0.600. The summed E-state index contributed by atoms with van der Waals surface area (Å²) < 4.78 is 5.74. The fourth-order valence-electron chi connectivity index (χ4n) is 2.13. The summed E-state index contributed by atoms with van der Waals surface area (Å²) in [6, 6.07) is 10.8. The molecule has 3 N–H and O–H groups in total. The van der Waals surface area contributed by atoms with Crippen LogP contribution in [0, 0.1) is 5.92 Å². The van der Waals surface area contributed by atoms with Crippen LogP contribution in [0.1, 0.15) is 25.8 Å². The largest absolute Gasteiger partial charge is 0.376 e. The molecule has 0 saturated heterocycles. The Morgan fingerprint density at radius 3 is 2.78 bits per heavy atom. The monoisotopic (exact) mass is 248 g/mol. The van der Waals surface area contributed by atoms with Gasteiger partial charge in [0, 0.05) is 24.0 Å². The highest BCUT2D eigenvalue weighted by molar-refractivity contribution is 5.14. The molecule has 2 atom stereocenters. The lowest BCUT2D eigenvalue weighted by Gasteiger charge is -2.15. The van der Waals surface area contributed by atoms with Crippen molar-refractivity contribution in [2.24, 2.45) is 11.7 Å². The van der Waals surface area contributed by atoms with Gasteiger partial charge in [0.2, 0.25) is 0 Å². The van der Waals surface area contributed by atoms with Gasteiger partial charge in [-0.25, -0.2) is 0 Å². The number of ether oxygens (including phenoxy) is 1. The molecule has 1 saturated carbocycles. The van der Waals surface area contributed by atoms with Gasteiger partial charge in [0.1, 0.15) is 0 Å². The maximum Gasteiger partial charge on any atom is 0.0717 e. The quantitative estimate of drug-likeness (QED) is 0.775. The number of benzene rings is 1. The third-order valence-electron chi connectivity index (χ3n) is 3.55. The number of rotatable bonds is 7. The minimum atomic E-state index is -0.0407. The maximum absolute atomic E-state index is 6.28. The number of nitrogens with two attached hydrogens (primary N) is 1. The highest BCUT2D eigenvalue weighted by atomic mass is 16.5. The Morgan fingerprint density at radius 1 is 1.39 bits per heavy atom. The first-order chi connectivity index (χ1) is 8.60. The maximum atomic E-state index is 6.28. The van der Waals surface area contributed by atoms with Crippen LogP contribution in [-0.4, -0.2) is 24.7 Å². The minimum absolute atomic E-state index is 0.0407. The first-order valence-corrected chi connectivity index (χ1v) is 6.74. The van der Waals surface area contributed by atoms with E-state index in [1.807, 2.05) is 18.2 Å². The molecule has 1 aromatic carbocycles. The molecule has 1 aromatic rings. The van der Waals surface area contributed by atoms with Crippen molar-refractivity contribution in [3.8, 4) is 0 Å². The molecule has 2 rings (SSSR count). The highest BCUT2D eigenvalue weighted by Crippen LogP contribution is 2.40. The second-order valence-corrected chi connectivity index (χ2v) is 5.67. The van der Waals surface area contributed by atoms with Gasteiger partial charge in [0.25, 0.3) is 0 Å². The molecule has 0 radical (unpaired) electrons. The predicted octanol–water partition coefficient (Wildman–Crippen LogP) is 1.92. The van der Waals surface area contributed by atoms with E-state index < -0.39 is 0 Å². The summed E-state index contributed by atoms with van der Waals surface area (Å²) >= 11 is 0. The van der Waals surface area contributed by atoms with Crippen molar-refractivity contribution >= 4 is 0 Å². The van der Waals surface area contributed by atoms with Crippen LogP contribution in [-0.2, 0) is 11.3 Å². The van der Waals surface area contributed by atoms with E-state index in [0.29, 0.717) is 18.6 Å². The molecule has 0 aliphatic heterocycles. The van der Waals surface area contributed by atoms with Crippen molar-refractivity contribution in [2.75, 3.05) is 13.2 Å². The van der Waals surface area contributed by atoms with Gasteiger partial charge >= 0.3 is 0 Å². The Bertz CT molecular complexity index is 366. The lowest BCUT2D eigenvalue weighted by atomic mass is 10.2. The molecule has 100 valence electrons. The van der Waals surface area contributed by atoms with Crippen molar-refractivity contribution < 1.29 is 4.74 Å². The molecular weight excluding hydrogens is 224 g/mol. The molecule has 0 bridgehead atoms. The van der Waals surface area contributed by atoms with Crippen LogP contribution in [0.25, 0.3) is 0 Å². The Labute approximate surface area is 110 Å². The van der Waals surface area contributed by atoms with Gasteiger partial charge in [-0.05, 0) is 12.0 Å². The van der Waals surface area contributed by atoms with Crippen LogP contribution >= 0.6 is 0 Å². The van der Waals surface area contributed by atoms with Gasteiger partial charge < -0.3 is 15.8 Å². The standard InChI is InChI=1S/C15H24N2O/c1-12(2)17-11-15(16)8-14(15)10-18-9-13-6-4-3-5-7-13/h3-7,12,14,17H,8-11,16H2,1-2H3/t14-,15+/m0/s1. The van der Waals surface area contributed by atoms with Crippen molar-refractivity contribution in [2.45, 2.75) is 38.5 Å². The van der Waals surface area contributed by atoms with E-state index >= 15 is 0 Å². The highest BCUT2D eigenvalue weighted by Gasteiger charge is 2.50. The second kappa shape index (κ2) is 5.83. The van der Waals surface area contributed by atoms with Crippen molar-refractivity contribution in [3.63, 3.8) is 0 Å². The summed E-state index contributed by atoms with van der Waals surface area (Å²) in [5, 5.41) is 3.41. The van der Waals surface area contributed by atoms with Crippen LogP contribution in [0.5, 0.6) is 0 Å². The zero-order valence-electron chi connectivity index (χ0n) is 11.4. The number of hydrogen-bond donors (Lipinski definition) is 2. The van der Waals surface area contributed by atoms with Crippen molar-refractivity contribution in [3.05, 3.63) is 35.9 Å². The Hall–Kier alpha value is -0.900. The van der Waals surface area contributed by atoms with E-state index in [0.717, 1.165) is 19.6 Å². The predicted molar refractivity (Wildman–Crippen MR) is 74.3 cm³/mol. The Kier molecular flexibility index (Phi) is 4.38. The second-order valence-electron chi connectivity index (χ2n) is 5.67. The summed E-state index contributed by atoms with van der Waals surface area (Å²) in [5.41, 5.74) is 7.46. The number of nitrogens with one attached hydrogen (secondary N) is 1. The van der Waals surface area contributed by atoms with Crippen LogP contribution < -0.4 is 11.1 Å². The van der Waals surface area contributed by atoms with Gasteiger partial charge in [-0.3, -0.25) is 0 Å². The molecule has 0 heterocycles. The van der Waals surface area contributed by atoms with E-state index in [9.17, 15) is 0 Å². The normalized spacial score (nSPS) is 26.6. The molecule has 18 heavy (non-hydrogen) atoms. The minimum Gasteiger partial charge on any atom is -0.376 e. The molecule has 3 heteroatoms. The van der Waals surface area contributed by atoms with Crippen LogP contribution in [0.2, 0.25) is 0 Å². The van der Waals surface area contributed by atoms with E-state index in [-0.39, 0.29) is 5.54 Å². The summed E-state index contributed by atoms with van der Waals surface area (Å²) in [4.78, 5) is 0. The van der Waals surface area contributed by atoms with Gasteiger partial charge in [-0.15, -0.1) is 0 Å². The molecule has 0 spiro atoms. The van der Waals surface area contributed by atoms with Gasteiger partial charge in [0.15, 0.2) is 0 Å². The summed E-state index contributed by atoms with van der Waals surface area (Å²) in [5.74, 6) is 0.507. The van der Waals surface area contributed by atoms with E-state index in [4.69, 9.17) is 10.5 Å². The molecule has 0 aromatic heterocycles. The summed E-state index contributed by atoms with van der Waals surface area (Å²) in [7, 11) is 0. The Morgan fingerprint density at radius 2 is 2.11 bits per heavy atom. The fourth-order valence-corrected chi connectivity index (χ4v) is 2.13. The van der Waals surface area contributed by atoms with Crippen LogP contribution in [0.4, 0.5) is 0 Å². The zero-order chi connectivity index (χ0) is 13.0. The SMILES string of the molecule is CC(C)NC[C@]1(N)C[C@H]1COCc1ccccc1. The average Bonchev–Trinajstić information content (AvgIpc) is 3.00. The molecule has 3 nitrogen and oxygen atoms in total. The molecule has 1 aliphatic carbocycles. The Balaban J connectivity index is 1.64. The zero-order valence-corrected chi connectivity index (χ0v) is 11.4. The first kappa shape index (κ1) is 13.5. The first-order valence-electron chi connectivity index (χ1n) is 6.74. The van der Waals surface area contributed by atoms with Gasteiger partial charge in [-0.2, -0.15) is 0 Å². The lowest BCUT2D eigenvalue weighted by Crippen LogP contribution is -2.41. The van der Waals surface area contributed by atoms with E-state index in [2.05, 4.69) is 31.3 Å². The molecule has 0 amide bonds. The molecule has 1 fully saturated rings. The molecular formula is C15H24N2O. The number of hydrogen-bond acceptors (Lipinski definition) is 3.